The monoisotopic (exact) mass is 956 g/mol. The van der Waals surface area contributed by atoms with Crippen LogP contribution in [0, 0.1) is 17.9 Å². The molecule has 0 bridgehead atoms. The summed E-state index contributed by atoms with van der Waals surface area (Å²) in [5.41, 5.74) is 14.1. The standard InChI is InChI=1S/C68H36N4O3/c1-70-60-58(40-19-7-3-8-20-40)53(38-69)61(71-54-37-42(39-17-5-2-6-18-39)29-30-43(54)47-31-34-50-44-23-11-14-26-55(44)73-66(50)62(47)71)59(41-21-9-4-10-22-41)65(60)72-63-48(32-35-51-45-24-12-15-27-56(45)74-67(51)63)49-33-36-52-46-25-13-16-28-57(46)75-68(52)64(49)72/h2-37H. The van der Waals surface area contributed by atoms with Crippen LogP contribution in [0.4, 0.5) is 5.69 Å². The molecule has 0 aliphatic rings. The van der Waals surface area contributed by atoms with Crippen LogP contribution in [-0.4, -0.2) is 9.13 Å². The van der Waals surface area contributed by atoms with E-state index in [1.807, 2.05) is 109 Å². The molecule has 5 aromatic heterocycles. The molecule has 0 radical (unpaired) electrons. The van der Waals surface area contributed by atoms with Crippen LogP contribution < -0.4 is 0 Å². The van der Waals surface area contributed by atoms with Gasteiger partial charge in [-0.15, -0.1) is 0 Å². The van der Waals surface area contributed by atoms with Gasteiger partial charge in [0.05, 0.1) is 45.6 Å². The smallest absolute Gasteiger partial charge is 0.220 e. The van der Waals surface area contributed by atoms with Crippen molar-refractivity contribution in [2.75, 3.05) is 0 Å². The highest BCUT2D eigenvalue weighted by atomic mass is 16.3. The molecule has 75 heavy (non-hydrogen) atoms. The van der Waals surface area contributed by atoms with Crippen molar-refractivity contribution in [1.82, 2.24) is 9.13 Å². The van der Waals surface area contributed by atoms with Gasteiger partial charge < -0.3 is 22.4 Å². The Bertz CT molecular complexity index is 5070. The van der Waals surface area contributed by atoms with Gasteiger partial charge in [0, 0.05) is 65.0 Å². The summed E-state index contributed by atoms with van der Waals surface area (Å²) in [6.45, 7) is 9.56. The number of aromatic nitrogens is 2. The van der Waals surface area contributed by atoms with Crippen molar-refractivity contribution in [2.24, 2.45) is 0 Å². The predicted octanol–water partition coefficient (Wildman–Crippen LogP) is 19.0. The van der Waals surface area contributed by atoms with E-state index in [-0.39, 0.29) is 0 Å². The molecule has 0 saturated heterocycles. The predicted molar refractivity (Wildman–Crippen MR) is 304 cm³/mol. The lowest BCUT2D eigenvalue weighted by Gasteiger charge is -2.25. The van der Waals surface area contributed by atoms with Crippen molar-refractivity contribution in [3.63, 3.8) is 0 Å². The molecule has 0 spiro atoms. The molecule has 0 fully saturated rings. The van der Waals surface area contributed by atoms with Crippen molar-refractivity contribution in [2.45, 2.75) is 0 Å². The number of nitrogens with zero attached hydrogens (tertiary/aromatic N) is 4. The first-order valence-corrected chi connectivity index (χ1v) is 24.9. The van der Waals surface area contributed by atoms with Crippen molar-refractivity contribution in [3.8, 4) is 50.8 Å². The summed E-state index contributed by atoms with van der Waals surface area (Å²) in [4.78, 5) is 4.63. The maximum Gasteiger partial charge on any atom is 0.220 e. The zero-order chi connectivity index (χ0) is 49.5. The Hall–Kier alpha value is -10.6. The minimum Gasteiger partial charge on any atom is -0.454 e. The Kier molecular flexibility index (Phi) is 8.46. The molecule has 16 aromatic rings. The van der Waals surface area contributed by atoms with Crippen molar-refractivity contribution < 1.29 is 13.3 Å². The number of hydrogen-bond acceptors (Lipinski definition) is 4. The fourth-order valence-corrected chi connectivity index (χ4v) is 12.2. The lowest BCUT2D eigenvalue weighted by atomic mass is 9.88. The van der Waals surface area contributed by atoms with Crippen LogP contribution in [0.15, 0.2) is 232 Å². The van der Waals surface area contributed by atoms with Crippen LogP contribution in [0.3, 0.4) is 0 Å². The fourth-order valence-electron chi connectivity index (χ4n) is 12.2. The van der Waals surface area contributed by atoms with Gasteiger partial charge in [0.15, 0.2) is 16.7 Å². The minimum absolute atomic E-state index is 0.306. The van der Waals surface area contributed by atoms with Gasteiger partial charge >= 0.3 is 0 Å². The average Bonchev–Trinajstić information content (AvgIpc) is 4.32. The largest absolute Gasteiger partial charge is 0.454 e. The number of benzene rings is 11. The molecule has 0 amide bonds. The van der Waals surface area contributed by atoms with Gasteiger partial charge in [-0.2, -0.15) is 5.26 Å². The van der Waals surface area contributed by atoms with Gasteiger partial charge in [0.2, 0.25) is 5.69 Å². The Morgan fingerprint density at radius 2 is 0.760 bits per heavy atom. The van der Waals surface area contributed by atoms with Gasteiger partial charge in [0.25, 0.3) is 0 Å². The zero-order valence-corrected chi connectivity index (χ0v) is 39.8. The first kappa shape index (κ1) is 41.1. The summed E-state index contributed by atoms with van der Waals surface area (Å²) in [6.07, 6.45) is 0. The molecule has 7 nitrogen and oxygen atoms in total. The number of nitriles is 1. The molecule has 0 atom stereocenters. The number of para-hydroxylation sites is 3. The van der Waals surface area contributed by atoms with Gasteiger partial charge in [-0.25, -0.2) is 4.85 Å². The van der Waals surface area contributed by atoms with Crippen LogP contribution in [0.25, 0.3) is 159 Å². The topological polar surface area (TPSA) is 77.4 Å². The second-order valence-corrected chi connectivity index (χ2v) is 19.2. The summed E-state index contributed by atoms with van der Waals surface area (Å²) >= 11 is 0. The molecule has 0 N–H and O–H groups in total. The third kappa shape index (κ3) is 5.61. The van der Waals surface area contributed by atoms with E-state index in [2.05, 4.69) is 129 Å². The summed E-state index contributed by atoms with van der Waals surface area (Å²) in [7, 11) is 0. The van der Waals surface area contributed by atoms with E-state index in [9.17, 15) is 11.8 Å². The molecule has 11 aromatic carbocycles. The molecular formula is C68H36N4O3. The molecular weight excluding hydrogens is 921 g/mol. The molecule has 0 aliphatic heterocycles. The zero-order valence-electron chi connectivity index (χ0n) is 39.8. The normalized spacial score (nSPS) is 12.0. The minimum atomic E-state index is 0.306. The van der Waals surface area contributed by atoms with Crippen LogP contribution >= 0.6 is 0 Å². The maximum atomic E-state index is 12.2. The summed E-state index contributed by atoms with van der Waals surface area (Å²) < 4.78 is 25.6. The lowest BCUT2D eigenvalue weighted by Crippen LogP contribution is -2.09. The molecule has 0 saturated carbocycles. The fraction of sp³-hybridized carbons (Fsp3) is 0. The highest BCUT2D eigenvalue weighted by molar-refractivity contribution is 6.28. The van der Waals surface area contributed by atoms with Crippen LogP contribution in [0.2, 0.25) is 0 Å². The third-order valence-electron chi connectivity index (χ3n) is 15.4. The molecule has 0 aliphatic carbocycles. The SMILES string of the molecule is [C-]#[N+]c1c(-c2ccccc2)c(C#N)c(-n2c3cc(-c4ccccc4)ccc3c3ccc4c5ccccc5oc4c32)c(-c2ccccc2)c1-n1c2c(ccc3c4ccccc4oc32)c2ccc3c4ccccc4oc3c21. The van der Waals surface area contributed by atoms with Gasteiger partial charge in [-0.05, 0) is 64.7 Å². The number of furan rings is 3. The van der Waals surface area contributed by atoms with Crippen molar-refractivity contribution in [1.29, 1.82) is 5.26 Å². The summed E-state index contributed by atoms with van der Waals surface area (Å²) in [5.74, 6) is 0. The molecule has 0 unspecified atom stereocenters. The Labute approximate surface area is 426 Å². The van der Waals surface area contributed by atoms with Gasteiger partial charge in [0.1, 0.15) is 22.8 Å². The Morgan fingerprint density at radius 1 is 0.360 bits per heavy atom. The van der Waals surface area contributed by atoms with Crippen LogP contribution in [0.1, 0.15) is 5.56 Å². The van der Waals surface area contributed by atoms with Crippen LogP contribution in [0.5, 0.6) is 0 Å². The number of hydrogen-bond donors (Lipinski definition) is 0. The molecule has 7 heteroatoms. The van der Waals surface area contributed by atoms with E-state index >= 15 is 0 Å². The molecule has 346 valence electrons. The number of fused-ring (bicyclic) bond motifs is 18. The van der Waals surface area contributed by atoms with E-state index in [1.165, 1.54) is 0 Å². The van der Waals surface area contributed by atoms with E-state index < -0.39 is 0 Å². The Morgan fingerprint density at radius 3 is 1.24 bits per heavy atom. The molecule has 16 rings (SSSR count). The van der Waals surface area contributed by atoms with Gasteiger partial charge in [-0.3, -0.25) is 0 Å². The average molecular weight is 957 g/mol. The van der Waals surface area contributed by atoms with Gasteiger partial charge in [-0.1, -0.05) is 176 Å². The van der Waals surface area contributed by atoms with Crippen LogP contribution in [-0.2, 0) is 0 Å². The molecule has 5 heterocycles. The third-order valence-corrected chi connectivity index (χ3v) is 15.4. The van der Waals surface area contributed by atoms with E-state index in [0.29, 0.717) is 50.5 Å². The first-order valence-electron chi connectivity index (χ1n) is 24.9. The van der Waals surface area contributed by atoms with Crippen molar-refractivity contribution >= 4 is 115 Å². The highest BCUT2D eigenvalue weighted by Crippen LogP contribution is 2.55. The van der Waals surface area contributed by atoms with Crippen molar-refractivity contribution in [3.05, 3.63) is 235 Å². The summed E-state index contributed by atoms with van der Waals surface area (Å²) in [6, 6.07) is 77.2. The maximum absolute atomic E-state index is 12.2. The summed E-state index contributed by atoms with van der Waals surface area (Å²) in [5, 5.41) is 21.8. The van der Waals surface area contributed by atoms with E-state index in [4.69, 9.17) is 13.3 Å². The second-order valence-electron chi connectivity index (χ2n) is 19.2. The van der Waals surface area contributed by atoms with E-state index in [0.717, 1.165) is 115 Å². The first-order chi connectivity index (χ1) is 37.2. The number of rotatable bonds is 5. The van der Waals surface area contributed by atoms with E-state index in [1.54, 1.807) is 0 Å². The lowest BCUT2D eigenvalue weighted by molar-refractivity contribution is 0.669. The second kappa shape index (κ2) is 15.5. The highest BCUT2D eigenvalue weighted by Gasteiger charge is 2.34. The Balaban J connectivity index is 1.22. The quantitative estimate of drug-likeness (QED) is 0.161.